The van der Waals surface area contributed by atoms with Gasteiger partial charge in [0.1, 0.15) is 0 Å². The zero-order valence-electron chi connectivity index (χ0n) is 8.68. The Balaban J connectivity index is 2.11. The summed E-state index contributed by atoms with van der Waals surface area (Å²) in [5.41, 5.74) is 1.95. The van der Waals surface area contributed by atoms with Crippen molar-refractivity contribution in [3.63, 3.8) is 0 Å². The first-order chi connectivity index (χ1) is 7.75. The summed E-state index contributed by atoms with van der Waals surface area (Å²) in [4.78, 5) is 4.00. The van der Waals surface area contributed by atoms with Crippen LogP contribution in [-0.2, 0) is 6.42 Å². The lowest BCUT2D eigenvalue weighted by atomic mass is 10.0. The zero-order chi connectivity index (χ0) is 11.4. The second-order valence-corrected chi connectivity index (χ2v) is 4.55. The maximum Gasteiger partial charge on any atom is 0.0845 e. The van der Waals surface area contributed by atoms with Crippen LogP contribution in [0.25, 0.3) is 0 Å². The van der Waals surface area contributed by atoms with Crippen LogP contribution < -0.4 is 0 Å². The van der Waals surface area contributed by atoms with E-state index in [1.165, 1.54) is 0 Å². The zero-order valence-corrected chi connectivity index (χ0v) is 10.3. The highest BCUT2D eigenvalue weighted by atomic mass is 79.9. The lowest BCUT2D eigenvalue weighted by Crippen LogP contribution is -2.01. The van der Waals surface area contributed by atoms with E-state index in [-0.39, 0.29) is 0 Å². The smallest absolute Gasteiger partial charge is 0.0845 e. The number of nitrogens with zero attached hydrogens (tertiary/aromatic N) is 1. The first-order valence-electron chi connectivity index (χ1n) is 5.08. The van der Waals surface area contributed by atoms with Crippen LogP contribution in [0.1, 0.15) is 17.2 Å². The molecule has 0 radical (unpaired) electrons. The molecule has 1 aromatic carbocycles. The average molecular weight is 278 g/mol. The Morgan fingerprint density at radius 2 is 2.12 bits per heavy atom. The van der Waals surface area contributed by atoms with E-state index >= 15 is 0 Å². The van der Waals surface area contributed by atoms with Crippen molar-refractivity contribution in [2.45, 2.75) is 12.5 Å². The number of aromatic nitrogens is 1. The summed E-state index contributed by atoms with van der Waals surface area (Å²) in [5, 5.41) is 10.0. The summed E-state index contributed by atoms with van der Waals surface area (Å²) >= 11 is 3.41. The topological polar surface area (TPSA) is 33.1 Å². The normalized spacial score (nSPS) is 12.4. The lowest BCUT2D eigenvalue weighted by Gasteiger charge is -2.10. The predicted octanol–water partition coefficient (Wildman–Crippen LogP) is 3.12. The highest BCUT2D eigenvalue weighted by molar-refractivity contribution is 9.10. The van der Waals surface area contributed by atoms with Gasteiger partial charge >= 0.3 is 0 Å². The van der Waals surface area contributed by atoms with Gasteiger partial charge in [0.25, 0.3) is 0 Å². The van der Waals surface area contributed by atoms with Gasteiger partial charge in [-0.2, -0.15) is 0 Å². The van der Waals surface area contributed by atoms with Gasteiger partial charge in [-0.1, -0.05) is 34.1 Å². The molecule has 1 heterocycles. The fourth-order valence-corrected chi connectivity index (χ4v) is 2.02. The molecule has 16 heavy (non-hydrogen) atoms. The van der Waals surface area contributed by atoms with Crippen LogP contribution in [0.3, 0.4) is 0 Å². The van der Waals surface area contributed by atoms with Gasteiger partial charge in [0, 0.05) is 23.3 Å². The number of halogens is 1. The monoisotopic (exact) mass is 277 g/mol. The Hall–Kier alpha value is -1.19. The molecule has 1 atom stereocenters. The Kier molecular flexibility index (Phi) is 3.70. The SMILES string of the molecule is OC(Cc1cccc(Br)c1)c1cccnc1. The van der Waals surface area contributed by atoms with E-state index in [1.54, 1.807) is 12.4 Å². The van der Waals surface area contributed by atoms with Crippen LogP contribution in [0.2, 0.25) is 0 Å². The number of benzene rings is 1. The minimum atomic E-state index is -0.497. The standard InChI is InChI=1S/C13H12BrNO/c14-12-5-1-3-10(7-12)8-13(16)11-4-2-6-15-9-11/h1-7,9,13,16H,8H2. The third-order valence-corrected chi connectivity index (χ3v) is 2.88. The quantitative estimate of drug-likeness (QED) is 0.935. The molecule has 0 saturated carbocycles. The second kappa shape index (κ2) is 5.23. The molecule has 0 aliphatic heterocycles. The number of hydrogen-bond acceptors (Lipinski definition) is 2. The van der Waals surface area contributed by atoms with E-state index in [0.717, 1.165) is 15.6 Å². The molecular formula is C13H12BrNO. The second-order valence-electron chi connectivity index (χ2n) is 3.64. The Morgan fingerprint density at radius 1 is 1.25 bits per heavy atom. The molecular weight excluding hydrogens is 266 g/mol. The van der Waals surface area contributed by atoms with Gasteiger partial charge in [-0.3, -0.25) is 4.98 Å². The van der Waals surface area contributed by atoms with Gasteiger partial charge in [-0.25, -0.2) is 0 Å². The van der Waals surface area contributed by atoms with E-state index in [9.17, 15) is 5.11 Å². The Bertz CT molecular complexity index is 458. The molecule has 0 aliphatic carbocycles. The first kappa shape index (κ1) is 11.3. The van der Waals surface area contributed by atoms with Gasteiger partial charge in [-0.05, 0) is 29.3 Å². The van der Waals surface area contributed by atoms with Gasteiger partial charge in [0.2, 0.25) is 0 Å². The van der Waals surface area contributed by atoms with Crippen molar-refractivity contribution in [3.8, 4) is 0 Å². The number of hydrogen-bond donors (Lipinski definition) is 1. The summed E-state index contributed by atoms with van der Waals surface area (Å²) in [6.45, 7) is 0. The fraction of sp³-hybridized carbons (Fsp3) is 0.154. The Labute approximate surface area is 103 Å². The van der Waals surface area contributed by atoms with Crippen LogP contribution in [0.15, 0.2) is 53.3 Å². The first-order valence-corrected chi connectivity index (χ1v) is 5.87. The molecule has 1 unspecified atom stereocenters. The van der Waals surface area contributed by atoms with E-state index in [0.29, 0.717) is 6.42 Å². The van der Waals surface area contributed by atoms with E-state index in [4.69, 9.17) is 0 Å². The van der Waals surface area contributed by atoms with Crippen LogP contribution in [0.4, 0.5) is 0 Å². The number of aliphatic hydroxyl groups is 1. The van der Waals surface area contributed by atoms with Crippen LogP contribution in [-0.4, -0.2) is 10.1 Å². The largest absolute Gasteiger partial charge is 0.388 e. The molecule has 1 aromatic heterocycles. The summed E-state index contributed by atoms with van der Waals surface area (Å²) in [6, 6.07) is 11.7. The van der Waals surface area contributed by atoms with Crippen molar-refractivity contribution in [2.24, 2.45) is 0 Å². The van der Waals surface area contributed by atoms with Crippen molar-refractivity contribution in [1.82, 2.24) is 4.98 Å². The molecule has 2 rings (SSSR count). The van der Waals surface area contributed by atoms with Gasteiger partial charge in [0.05, 0.1) is 6.10 Å². The third kappa shape index (κ3) is 2.90. The number of rotatable bonds is 3. The molecule has 82 valence electrons. The highest BCUT2D eigenvalue weighted by Gasteiger charge is 2.08. The van der Waals surface area contributed by atoms with Crippen molar-refractivity contribution < 1.29 is 5.11 Å². The number of aliphatic hydroxyl groups excluding tert-OH is 1. The summed E-state index contributed by atoms with van der Waals surface area (Å²) in [7, 11) is 0. The minimum absolute atomic E-state index is 0.497. The van der Waals surface area contributed by atoms with Crippen molar-refractivity contribution >= 4 is 15.9 Å². The van der Waals surface area contributed by atoms with E-state index < -0.39 is 6.10 Å². The molecule has 0 fully saturated rings. The lowest BCUT2D eigenvalue weighted by molar-refractivity contribution is 0.178. The van der Waals surface area contributed by atoms with Gasteiger partial charge < -0.3 is 5.11 Å². The molecule has 0 amide bonds. The molecule has 0 bridgehead atoms. The molecule has 3 heteroatoms. The van der Waals surface area contributed by atoms with Gasteiger partial charge in [0.15, 0.2) is 0 Å². The minimum Gasteiger partial charge on any atom is -0.388 e. The van der Waals surface area contributed by atoms with Crippen LogP contribution >= 0.6 is 15.9 Å². The molecule has 1 N–H and O–H groups in total. The molecule has 2 aromatic rings. The van der Waals surface area contributed by atoms with Gasteiger partial charge in [-0.15, -0.1) is 0 Å². The average Bonchev–Trinajstić information content (AvgIpc) is 2.30. The van der Waals surface area contributed by atoms with Crippen molar-refractivity contribution in [1.29, 1.82) is 0 Å². The van der Waals surface area contributed by atoms with E-state index in [2.05, 4.69) is 20.9 Å². The number of pyridine rings is 1. The summed E-state index contributed by atoms with van der Waals surface area (Å²) < 4.78 is 1.03. The van der Waals surface area contributed by atoms with E-state index in [1.807, 2.05) is 36.4 Å². The summed E-state index contributed by atoms with van der Waals surface area (Å²) in [5.74, 6) is 0. The predicted molar refractivity (Wildman–Crippen MR) is 67.0 cm³/mol. The maximum absolute atomic E-state index is 10.0. The highest BCUT2D eigenvalue weighted by Crippen LogP contribution is 2.19. The van der Waals surface area contributed by atoms with Crippen LogP contribution in [0, 0.1) is 0 Å². The molecule has 2 nitrogen and oxygen atoms in total. The summed E-state index contributed by atoms with van der Waals surface area (Å²) in [6.07, 6.45) is 3.51. The van der Waals surface area contributed by atoms with Crippen molar-refractivity contribution in [3.05, 3.63) is 64.4 Å². The van der Waals surface area contributed by atoms with Crippen LogP contribution in [0.5, 0.6) is 0 Å². The molecule has 0 aliphatic rings. The molecule has 0 spiro atoms. The fourth-order valence-electron chi connectivity index (χ4n) is 1.58. The Morgan fingerprint density at radius 3 is 2.81 bits per heavy atom. The van der Waals surface area contributed by atoms with Crippen molar-refractivity contribution in [2.75, 3.05) is 0 Å². The maximum atomic E-state index is 10.0. The third-order valence-electron chi connectivity index (χ3n) is 2.39. The molecule has 0 saturated heterocycles.